The standard InChI is InChI=1S/C45H28N4S/c1-3-12-29(13-4-1)30-22-24-32(25-23-30)43-46-44(33-26-27-41-38(28-33)36-17-8-10-21-40(36)50-41)48-45(47-43)49-39-20-9-7-16-35(39)37-19-11-18-34(42(37)49)31-14-5-2-6-15-31/h1-28H/i2D,5D,6D,7D,9D,14D,15D,16D,20D. The number of thiophene rings is 1. The third-order valence-electron chi connectivity index (χ3n) is 8.90. The van der Waals surface area contributed by atoms with Gasteiger partial charge in [0.1, 0.15) is 0 Å². The molecule has 0 saturated heterocycles. The molecule has 0 amide bonds. The number of hydrogen-bond donors (Lipinski definition) is 0. The van der Waals surface area contributed by atoms with E-state index >= 15 is 0 Å². The fraction of sp³-hybridized carbons (Fsp3) is 0. The van der Waals surface area contributed by atoms with Gasteiger partial charge >= 0.3 is 0 Å². The molecule has 7 aromatic carbocycles. The van der Waals surface area contributed by atoms with E-state index in [4.69, 9.17) is 25.9 Å². The zero-order valence-electron chi connectivity index (χ0n) is 35.2. The lowest BCUT2D eigenvalue weighted by Gasteiger charge is -2.13. The molecule has 5 heteroatoms. The lowest BCUT2D eigenvalue weighted by Crippen LogP contribution is -2.07. The van der Waals surface area contributed by atoms with Gasteiger partial charge in [-0.25, -0.2) is 4.98 Å². The number of benzene rings is 7. The van der Waals surface area contributed by atoms with Crippen LogP contribution in [0.1, 0.15) is 12.3 Å². The van der Waals surface area contributed by atoms with Crippen molar-refractivity contribution in [2.45, 2.75) is 0 Å². The molecule has 0 radical (unpaired) electrons. The maximum absolute atomic E-state index is 9.25. The third kappa shape index (κ3) is 4.71. The second kappa shape index (κ2) is 11.6. The Morgan fingerprint density at radius 1 is 0.460 bits per heavy atom. The molecule has 0 aliphatic heterocycles. The molecule has 3 aromatic heterocycles. The summed E-state index contributed by atoms with van der Waals surface area (Å²) in [7, 11) is 0. The highest BCUT2D eigenvalue weighted by molar-refractivity contribution is 7.25. The molecular formula is C45H28N4S. The van der Waals surface area contributed by atoms with Crippen molar-refractivity contribution in [2.75, 3.05) is 0 Å². The molecule has 0 unspecified atom stereocenters. The van der Waals surface area contributed by atoms with Crippen molar-refractivity contribution in [3.8, 4) is 51.0 Å². The minimum Gasteiger partial charge on any atom is -0.277 e. The molecule has 50 heavy (non-hydrogen) atoms. The van der Waals surface area contributed by atoms with E-state index in [-0.39, 0.29) is 51.4 Å². The van der Waals surface area contributed by atoms with Crippen molar-refractivity contribution in [1.29, 1.82) is 0 Å². The second-order valence-electron chi connectivity index (χ2n) is 11.8. The average molecular weight is 666 g/mol. The normalized spacial score (nSPS) is 14.1. The van der Waals surface area contributed by atoms with Gasteiger partial charge < -0.3 is 0 Å². The Balaban J connectivity index is 1.32. The number of fused-ring (bicyclic) bond motifs is 6. The molecule has 234 valence electrons. The van der Waals surface area contributed by atoms with Gasteiger partial charge in [-0.15, -0.1) is 11.3 Å². The van der Waals surface area contributed by atoms with Gasteiger partial charge in [-0.2, -0.15) is 9.97 Å². The summed E-state index contributed by atoms with van der Waals surface area (Å²) < 4.78 is 82.6. The van der Waals surface area contributed by atoms with E-state index in [2.05, 4.69) is 12.1 Å². The van der Waals surface area contributed by atoms with Crippen molar-refractivity contribution >= 4 is 53.3 Å². The summed E-state index contributed by atoms with van der Waals surface area (Å²) in [5, 5.41) is 2.63. The van der Waals surface area contributed by atoms with E-state index in [9.17, 15) is 1.37 Å². The second-order valence-corrected chi connectivity index (χ2v) is 12.9. The third-order valence-corrected chi connectivity index (χ3v) is 10.1. The van der Waals surface area contributed by atoms with Crippen LogP contribution in [0.4, 0.5) is 0 Å². The van der Waals surface area contributed by atoms with E-state index in [1.165, 1.54) is 4.57 Å². The Bertz CT molecular complexity index is 3350. The van der Waals surface area contributed by atoms with Crippen molar-refractivity contribution in [1.82, 2.24) is 19.5 Å². The van der Waals surface area contributed by atoms with Gasteiger partial charge in [0.15, 0.2) is 11.6 Å². The van der Waals surface area contributed by atoms with Gasteiger partial charge in [0.2, 0.25) is 5.95 Å². The molecular weight excluding hydrogens is 629 g/mol. The molecule has 10 aromatic rings. The van der Waals surface area contributed by atoms with Crippen molar-refractivity contribution in [3.05, 3.63) is 170 Å². The first-order chi connectivity index (χ1) is 28.5. The molecule has 0 N–H and O–H groups in total. The van der Waals surface area contributed by atoms with Gasteiger partial charge in [0.25, 0.3) is 0 Å². The fourth-order valence-electron chi connectivity index (χ4n) is 6.58. The molecule has 0 atom stereocenters. The van der Waals surface area contributed by atoms with Gasteiger partial charge in [-0.3, -0.25) is 4.57 Å². The summed E-state index contributed by atoms with van der Waals surface area (Å²) in [6.07, 6.45) is 0. The Morgan fingerprint density at radius 2 is 1.12 bits per heavy atom. The average Bonchev–Trinajstić information content (AvgIpc) is 3.83. The predicted molar refractivity (Wildman–Crippen MR) is 209 cm³/mol. The molecule has 0 aliphatic rings. The number of hydrogen-bond acceptors (Lipinski definition) is 4. The molecule has 0 saturated carbocycles. The van der Waals surface area contributed by atoms with Crippen molar-refractivity contribution in [2.24, 2.45) is 0 Å². The largest absolute Gasteiger partial charge is 0.277 e. The van der Waals surface area contributed by atoms with Crippen LogP contribution < -0.4 is 0 Å². The highest BCUT2D eigenvalue weighted by Gasteiger charge is 2.20. The summed E-state index contributed by atoms with van der Waals surface area (Å²) in [5.74, 6) is 0.596. The van der Waals surface area contributed by atoms with Crippen LogP contribution in [0.25, 0.3) is 93.0 Å². The lowest BCUT2D eigenvalue weighted by molar-refractivity contribution is 0.954. The van der Waals surface area contributed by atoms with Crippen LogP contribution in [0.2, 0.25) is 0 Å². The van der Waals surface area contributed by atoms with E-state index in [0.29, 0.717) is 22.3 Å². The van der Waals surface area contributed by atoms with Gasteiger partial charge in [0.05, 0.1) is 23.4 Å². The Kier molecular flexibility index (Phi) is 4.84. The van der Waals surface area contributed by atoms with E-state index in [0.717, 1.165) is 31.3 Å². The minimum absolute atomic E-state index is 0.0113. The minimum atomic E-state index is -0.545. The van der Waals surface area contributed by atoms with E-state index in [1.54, 1.807) is 29.5 Å². The van der Waals surface area contributed by atoms with E-state index in [1.807, 2.05) is 84.9 Å². The quantitative estimate of drug-likeness (QED) is 0.184. The maximum Gasteiger partial charge on any atom is 0.238 e. The van der Waals surface area contributed by atoms with Crippen molar-refractivity contribution in [3.63, 3.8) is 0 Å². The number of nitrogens with zero attached hydrogens (tertiary/aromatic N) is 4. The van der Waals surface area contributed by atoms with E-state index < -0.39 is 42.3 Å². The molecule has 0 aliphatic carbocycles. The van der Waals surface area contributed by atoms with Crippen LogP contribution in [-0.2, 0) is 0 Å². The first-order valence-corrected chi connectivity index (χ1v) is 16.8. The first-order valence-electron chi connectivity index (χ1n) is 20.5. The fourth-order valence-corrected chi connectivity index (χ4v) is 7.67. The summed E-state index contributed by atoms with van der Waals surface area (Å²) in [6, 6.07) is 32.8. The van der Waals surface area contributed by atoms with Crippen LogP contribution in [0.5, 0.6) is 0 Å². The topological polar surface area (TPSA) is 43.6 Å². The van der Waals surface area contributed by atoms with Crippen LogP contribution in [0.3, 0.4) is 0 Å². The van der Waals surface area contributed by atoms with Gasteiger partial charge in [0, 0.05) is 47.6 Å². The maximum atomic E-state index is 9.25. The molecule has 3 heterocycles. The number of rotatable bonds is 5. The van der Waals surface area contributed by atoms with Crippen LogP contribution in [0, 0.1) is 0 Å². The number of aromatic nitrogens is 4. The van der Waals surface area contributed by atoms with Gasteiger partial charge in [-0.1, -0.05) is 139 Å². The Morgan fingerprint density at radius 3 is 1.98 bits per heavy atom. The monoisotopic (exact) mass is 665 g/mol. The lowest BCUT2D eigenvalue weighted by atomic mass is 10.0. The van der Waals surface area contributed by atoms with Crippen LogP contribution in [0.15, 0.2) is 170 Å². The van der Waals surface area contributed by atoms with Gasteiger partial charge in [-0.05, 0) is 47.0 Å². The molecule has 0 bridgehead atoms. The van der Waals surface area contributed by atoms with Crippen LogP contribution in [-0.4, -0.2) is 19.5 Å². The zero-order valence-corrected chi connectivity index (χ0v) is 27.0. The summed E-state index contributed by atoms with van der Waals surface area (Å²) in [5.41, 5.74) is 3.77. The first kappa shape index (κ1) is 20.8. The Labute approximate surface area is 305 Å². The highest BCUT2D eigenvalue weighted by atomic mass is 32.1. The predicted octanol–water partition coefficient (Wildman–Crippen LogP) is 12.0. The summed E-state index contributed by atoms with van der Waals surface area (Å²) >= 11 is 1.68. The SMILES string of the molecule is [2H]c1c([2H])c([2H])c(-c2cccc3c4c([2H])c([2H])c([2H])c([2H])c4n(-c4nc(-c5ccc(-c6ccccc6)cc5)nc(-c5ccc6sc7ccccc7c6c5)n4)c23)c([2H])c1[2H]. The summed E-state index contributed by atoms with van der Waals surface area (Å²) in [6.45, 7) is 0. The molecule has 0 spiro atoms. The van der Waals surface area contributed by atoms with Crippen LogP contribution >= 0.6 is 11.3 Å². The Hall–Kier alpha value is -6.43. The van der Waals surface area contributed by atoms with Crippen molar-refractivity contribution < 1.29 is 12.3 Å². The molecule has 4 nitrogen and oxygen atoms in total. The highest BCUT2D eigenvalue weighted by Crippen LogP contribution is 2.39. The smallest absolute Gasteiger partial charge is 0.238 e. The summed E-state index contributed by atoms with van der Waals surface area (Å²) in [4.78, 5) is 15.1. The zero-order chi connectivity index (χ0) is 40.9. The number of para-hydroxylation sites is 2. The molecule has 0 fully saturated rings. The molecule has 10 rings (SSSR count).